The quantitative estimate of drug-likeness (QED) is 0.733. The second-order valence-corrected chi connectivity index (χ2v) is 3.32. The van der Waals surface area contributed by atoms with Crippen molar-refractivity contribution in [3.63, 3.8) is 0 Å². The minimum absolute atomic E-state index is 0.193. The van der Waals surface area contributed by atoms with E-state index < -0.39 is 0 Å². The van der Waals surface area contributed by atoms with Crippen molar-refractivity contribution in [1.29, 1.82) is 0 Å². The SMILES string of the molecule is C=CC(=O)NCc1cc2n(n1)CCCO2. The summed E-state index contributed by atoms with van der Waals surface area (Å²) in [6, 6.07) is 1.85. The topological polar surface area (TPSA) is 56.2 Å². The normalized spacial score (nSPS) is 13.9. The lowest BCUT2D eigenvalue weighted by atomic mass is 10.4. The zero-order chi connectivity index (χ0) is 10.7. The van der Waals surface area contributed by atoms with E-state index in [2.05, 4.69) is 17.0 Å². The number of nitrogens with zero attached hydrogens (tertiary/aromatic N) is 2. The van der Waals surface area contributed by atoms with Gasteiger partial charge in [0, 0.05) is 19.0 Å². The molecule has 2 heterocycles. The summed E-state index contributed by atoms with van der Waals surface area (Å²) in [5.74, 6) is 0.589. The van der Waals surface area contributed by atoms with Gasteiger partial charge in [0.2, 0.25) is 11.8 Å². The van der Waals surface area contributed by atoms with Crippen LogP contribution in [0.1, 0.15) is 12.1 Å². The van der Waals surface area contributed by atoms with Gasteiger partial charge < -0.3 is 10.1 Å². The molecule has 0 atom stereocenters. The number of nitrogens with one attached hydrogen (secondary N) is 1. The molecule has 0 aromatic carbocycles. The summed E-state index contributed by atoms with van der Waals surface area (Å²) in [5.41, 5.74) is 0.808. The van der Waals surface area contributed by atoms with Crippen molar-refractivity contribution in [3.05, 3.63) is 24.4 Å². The van der Waals surface area contributed by atoms with E-state index in [9.17, 15) is 4.79 Å². The summed E-state index contributed by atoms with van der Waals surface area (Å²) in [6.45, 7) is 5.41. The molecule has 0 bridgehead atoms. The number of ether oxygens (including phenoxy) is 1. The Labute approximate surface area is 87.7 Å². The number of rotatable bonds is 3. The summed E-state index contributed by atoms with van der Waals surface area (Å²) in [4.78, 5) is 10.9. The molecule has 0 aliphatic carbocycles. The second kappa shape index (κ2) is 4.16. The van der Waals surface area contributed by atoms with Gasteiger partial charge >= 0.3 is 0 Å². The van der Waals surface area contributed by atoms with Crippen LogP contribution in [0.25, 0.3) is 0 Å². The van der Waals surface area contributed by atoms with Gasteiger partial charge in [-0.15, -0.1) is 0 Å². The fourth-order valence-corrected chi connectivity index (χ4v) is 1.45. The van der Waals surface area contributed by atoms with Crippen LogP contribution in [0.4, 0.5) is 0 Å². The largest absolute Gasteiger partial charge is 0.478 e. The molecule has 1 aromatic rings. The van der Waals surface area contributed by atoms with Crippen LogP contribution in [0, 0.1) is 0 Å². The Bertz CT molecular complexity index is 361. The first kappa shape index (κ1) is 9.76. The van der Waals surface area contributed by atoms with Crippen LogP contribution >= 0.6 is 0 Å². The van der Waals surface area contributed by atoms with Crippen LogP contribution in [0.15, 0.2) is 18.7 Å². The van der Waals surface area contributed by atoms with Gasteiger partial charge in [-0.25, -0.2) is 4.68 Å². The van der Waals surface area contributed by atoms with E-state index >= 15 is 0 Å². The van der Waals surface area contributed by atoms with Crippen molar-refractivity contribution in [3.8, 4) is 5.88 Å². The van der Waals surface area contributed by atoms with Crippen LogP contribution in [0.2, 0.25) is 0 Å². The number of aromatic nitrogens is 2. The molecule has 0 spiro atoms. The van der Waals surface area contributed by atoms with Crippen molar-refractivity contribution in [1.82, 2.24) is 15.1 Å². The first-order valence-corrected chi connectivity index (χ1v) is 4.89. The van der Waals surface area contributed by atoms with Gasteiger partial charge in [0.25, 0.3) is 0 Å². The van der Waals surface area contributed by atoms with Crippen molar-refractivity contribution in [2.24, 2.45) is 0 Å². The first-order chi connectivity index (χ1) is 7.29. The number of carbonyl (C=O) groups is 1. The number of fused-ring (bicyclic) bond motifs is 1. The van der Waals surface area contributed by atoms with E-state index in [0.717, 1.165) is 31.1 Å². The molecule has 0 fully saturated rings. The molecule has 15 heavy (non-hydrogen) atoms. The molecule has 0 saturated heterocycles. The summed E-state index contributed by atoms with van der Waals surface area (Å²) < 4.78 is 7.22. The molecule has 5 nitrogen and oxygen atoms in total. The smallest absolute Gasteiger partial charge is 0.243 e. The number of carbonyl (C=O) groups excluding carboxylic acids is 1. The highest BCUT2D eigenvalue weighted by Gasteiger charge is 2.12. The lowest BCUT2D eigenvalue weighted by Crippen LogP contribution is -2.20. The van der Waals surface area contributed by atoms with Gasteiger partial charge in [-0.05, 0) is 6.08 Å². The third-order valence-electron chi connectivity index (χ3n) is 2.19. The van der Waals surface area contributed by atoms with Crippen LogP contribution < -0.4 is 10.1 Å². The highest BCUT2D eigenvalue weighted by Crippen LogP contribution is 2.17. The molecule has 0 saturated carbocycles. The Balaban J connectivity index is 2.00. The Morgan fingerprint density at radius 3 is 3.40 bits per heavy atom. The molecular weight excluding hydrogens is 194 g/mol. The average molecular weight is 207 g/mol. The van der Waals surface area contributed by atoms with E-state index in [1.165, 1.54) is 6.08 Å². The monoisotopic (exact) mass is 207 g/mol. The Kier molecular flexibility index (Phi) is 2.71. The van der Waals surface area contributed by atoms with Gasteiger partial charge in [0.1, 0.15) is 0 Å². The van der Waals surface area contributed by atoms with Gasteiger partial charge in [0.15, 0.2) is 0 Å². The van der Waals surface area contributed by atoms with E-state index in [1.54, 1.807) is 0 Å². The zero-order valence-corrected chi connectivity index (χ0v) is 8.40. The summed E-state index contributed by atoms with van der Waals surface area (Å²) in [5, 5.41) is 6.97. The van der Waals surface area contributed by atoms with Crippen molar-refractivity contribution in [2.45, 2.75) is 19.5 Å². The molecular formula is C10H13N3O2. The molecule has 1 aliphatic rings. The molecule has 1 amide bonds. The maximum atomic E-state index is 10.9. The molecule has 0 radical (unpaired) electrons. The lowest BCUT2D eigenvalue weighted by molar-refractivity contribution is -0.116. The van der Waals surface area contributed by atoms with Gasteiger partial charge in [-0.2, -0.15) is 5.10 Å². The van der Waals surface area contributed by atoms with E-state index in [-0.39, 0.29) is 5.91 Å². The molecule has 5 heteroatoms. The van der Waals surface area contributed by atoms with Crippen molar-refractivity contribution < 1.29 is 9.53 Å². The van der Waals surface area contributed by atoms with E-state index in [4.69, 9.17) is 4.74 Å². The van der Waals surface area contributed by atoms with Crippen LogP contribution in [-0.4, -0.2) is 22.3 Å². The maximum Gasteiger partial charge on any atom is 0.243 e. The van der Waals surface area contributed by atoms with Gasteiger partial charge in [-0.1, -0.05) is 6.58 Å². The third-order valence-corrected chi connectivity index (χ3v) is 2.19. The average Bonchev–Trinajstić information content (AvgIpc) is 2.68. The Hall–Kier alpha value is -1.78. The highest BCUT2D eigenvalue weighted by atomic mass is 16.5. The minimum atomic E-state index is -0.193. The van der Waals surface area contributed by atoms with E-state index in [0.29, 0.717) is 6.54 Å². The van der Waals surface area contributed by atoms with Gasteiger partial charge in [-0.3, -0.25) is 4.79 Å². The lowest BCUT2D eigenvalue weighted by Gasteiger charge is -2.13. The number of aryl methyl sites for hydroxylation is 1. The fraction of sp³-hybridized carbons (Fsp3) is 0.400. The number of amides is 1. The second-order valence-electron chi connectivity index (χ2n) is 3.32. The van der Waals surface area contributed by atoms with E-state index in [1.807, 2.05) is 10.7 Å². The first-order valence-electron chi connectivity index (χ1n) is 4.89. The van der Waals surface area contributed by atoms with Crippen molar-refractivity contribution in [2.75, 3.05) is 6.61 Å². The highest BCUT2D eigenvalue weighted by molar-refractivity contribution is 5.86. The Morgan fingerprint density at radius 2 is 2.67 bits per heavy atom. The molecule has 0 unspecified atom stereocenters. The summed E-state index contributed by atoms with van der Waals surface area (Å²) in [7, 11) is 0. The summed E-state index contributed by atoms with van der Waals surface area (Å²) >= 11 is 0. The van der Waals surface area contributed by atoms with Crippen LogP contribution in [0.3, 0.4) is 0 Å². The van der Waals surface area contributed by atoms with Crippen LogP contribution in [-0.2, 0) is 17.9 Å². The fourth-order valence-electron chi connectivity index (χ4n) is 1.45. The number of hydrogen-bond donors (Lipinski definition) is 1. The third kappa shape index (κ3) is 2.18. The van der Waals surface area contributed by atoms with Gasteiger partial charge in [0.05, 0.1) is 18.8 Å². The van der Waals surface area contributed by atoms with Crippen molar-refractivity contribution >= 4 is 5.91 Å². The standard InChI is InChI=1S/C10H13N3O2/c1-2-9(14)11-7-8-6-10-13(12-8)4-3-5-15-10/h2,6H,1,3-5,7H2,(H,11,14). The molecule has 2 rings (SSSR count). The molecule has 80 valence electrons. The predicted molar refractivity (Wildman–Crippen MR) is 54.4 cm³/mol. The number of hydrogen-bond acceptors (Lipinski definition) is 3. The summed E-state index contributed by atoms with van der Waals surface area (Å²) in [6.07, 6.45) is 2.22. The molecule has 1 N–H and O–H groups in total. The van der Waals surface area contributed by atoms with Crippen LogP contribution in [0.5, 0.6) is 5.88 Å². The predicted octanol–water partition coefficient (Wildman–Crippen LogP) is 0.468. The zero-order valence-electron chi connectivity index (χ0n) is 8.40. The molecule has 1 aliphatic heterocycles. The minimum Gasteiger partial charge on any atom is -0.478 e. The molecule has 1 aromatic heterocycles. The maximum absolute atomic E-state index is 10.9. The Morgan fingerprint density at radius 1 is 1.80 bits per heavy atom.